The molecule has 0 saturated carbocycles. The maximum Gasteiger partial charge on any atom is 0.252 e. The van der Waals surface area contributed by atoms with E-state index in [4.69, 9.17) is 4.74 Å². The van der Waals surface area contributed by atoms with Gasteiger partial charge < -0.3 is 10.1 Å². The minimum Gasteiger partial charge on any atom is -0.496 e. The predicted octanol–water partition coefficient (Wildman–Crippen LogP) is 3.71. The van der Waals surface area contributed by atoms with Crippen molar-refractivity contribution in [3.05, 3.63) is 72.0 Å². The van der Waals surface area contributed by atoms with E-state index in [1.807, 2.05) is 36.4 Å². The number of benzene rings is 3. The van der Waals surface area contributed by atoms with Crippen LogP contribution in [0, 0.1) is 11.7 Å². The Kier molecular flexibility index (Phi) is 6.19. The molecule has 148 valence electrons. The summed E-state index contributed by atoms with van der Waals surface area (Å²) in [6.07, 6.45) is 1.47. The van der Waals surface area contributed by atoms with E-state index in [0.717, 1.165) is 10.8 Å². The molecule has 0 radical (unpaired) electrons. The maximum absolute atomic E-state index is 13.7. The molecule has 0 aliphatic heterocycles. The monoisotopic (exact) mass is 393 g/mol. The lowest BCUT2D eigenvalue weighted by Gasteiger charge is -2.11. The van der Waals surface area contributed by atoms with Gasteiger partial charge in [-0.05, 0) is 35.9 Å². The zero-order valence-corrected chi connectivity index (χ0v) is 16.0. The summed E-state index contributed by atoms with van der Waals surface area (Å²) < 4.78 is 19.0. The SMILES string of the molecule is COc1ccc2ccccc2c1C=NNC(=O)C(C)C(=O)Nc1ccccc1F. The summed E-state index contributed by atoms with van der Waals surface area (Å²) in [4.78, 5) is 24.5. The first-order valence-corrected chi connectivity index (χ1v) is 8.95. The van der Waals surface area contributed by atoms with E-state index < -0.39 is 23.5 Å². The smallest absolute Gasteiger partial charge is 0.252 e. The third-order valence-electron chi connectivity index (χ3n) is 4.44. The van der Waals surface area contributed by atoms with Crippen LogP contribution in [0.5, 0.6) is 5.75 Å². The Hall–Kier alpha value is -3.74. The zero-order valence-electron chi connectivity index (χ0n) is 16.0. The maximum atomic E-state index is 13.7. The molecule has 1 atom stereocenters. The average molecular weight is 393 g/mol. The van der Waals surface area contributed by atoms with Crippen LogP contribution in [0.25, 0.3) is 10.8 Å². The number of para-hydroxylation sites is 1. The topological polar surface area (TPSA) is 79.8 Å². The van der Waals surface area contributed by atoms with Gasteiger partial charge in [-0.2, -0.15) is 5.10 Å². The number of carbonyl (C=O) groups excluding carboxylic acids is 2. The summed E-state index contributed by atoms with van der Waals surface area (Å²) in [5.41, 5.74) is 3.07. The molecule has 0 fully saturated rings. The van der Waals surface area contributed by atoms with E-state index in [2.05, 4.69) is 15.8 Å². The van der Waals surface area contributed by atoms with Gasteiger partial charge in [-0.3, -0.25) is 9.59 Å². The number of ether oxygens (including phenoxy) is 1. The molecule has 3 aromatic carbocycles. The molecule has 2 amide bonds. The van der Waals surface area contributed by atoms with Crippen LogP contribution in [0.15, 0.2) is 65.8 Å². The van der Waals surface area contributed by atoms with Gasteiger partial charge in [0.1, 0.15) is 17.5 Å². The number of hydrogen-bond acceptors (Lipinski definition) is 4. The van der Waals surface area contributed by atoms with Crippen LogP contribution in [0.2, 0.25) is 0 Å². The highest BCUT2D eigenvalue weighted by atomic mass is 19.1. The molecular weight excluding hydrogens is 373 g/mol. The molecule has 0 heterocycles. The molecule has 1 unspecified atom stereocenters. The van der Waals surface area contributed by atoms with Crippen molar-refractivity contribution in [1.29, 1.82) is 0 Å². The van der Waals surface area contributed by atoms with Crippen molar-refractivity contribution in [3.8, 4) is 5.75 Å². The van der Waals surface area contributed by atoms with Crippen molar-refractivity contribution >= 4 is 34.5 Å². The number of hydrogen-bond donors (Lipinski definition) is 2. The number of anilines is 1. The van der Waals surface area contributed by atoms with E-state index >= 15 is 0 Å². The molecule has 2 N–H and O–H groups in total. The number of carbonyl (C=O) groups is 2. The van der Waals surface area contributed by atoms with Crippen molar-refractivity contribution in [2.75, 3.05) is 12.4 Å². The van der Waals surface area contributed by atoms with Gasteiger partial charge >= 0.3 is 0 Å². The number of nitrogens with one attached hydrogen (secondary N) is 2. The minimum atomic E-state index is -1.07. The van der Waals surface area contributed by atoms with E-state index in [1.165, 1.54) is 31.3 Å². The summed E-state index contributed by atoms with van der Waals surface area (Å²) in [7, 11) is 1.55. The lowest BCUT2D eigenvalue weighted by atomic mass is 10.0. The number of nitrogens with zero attached hydrogens (tertiary/aromatic N) is 1. The molecule has 0 aliphatic carbocycles. The van der Waals surface area contributed by atoms with Gasteiger partial charge in [0, 0.05) is 5.56 Å². The van der Waals surface area contributed by atoms with Crippen LogP contribution >= 0.6 is 0 Å². The lowest BCUT2D eigenvalue weighted by Crippen LogP contribution is -2.34. The van der Waals surface area contributed by atoms with Gasteiger partial charge in [0.25, 0.3) is 5.91 Å². The fourth-order valence-electron chi connectivity index (χ4n) is 2.77. The van der Waals surface area contributed by atoms with Crippen molar-refractivity contribution in [2.24, 2.45) is 11.0 Å². The van der Waals surface area contributed by atoms with Crippen molar-refractivity contribution in [3.63, 3.8) is 0 Å². The fourth-order valence-corrected chi connectivity index (χ4v) is 2.77. The summed E-state index contributed by atoms with van der Waals surface area (Å²) in [5, 5.41) is 8.28. The molecule has 0 spiro atoms. The van der Waals surface area contributed by atoms with Gasteiger partial charge in [0.2, 0.25) is 5.91 Å². The second-order valence-electron chi connectivity index (χ2n) is 6.33. The Labute approximate surface area is 167 Å². The highest BCUT2D eigenvalue weighted by Gasteiger charge is 2.22. The number of amides is 2. The van der Waals surface area contributed by atoms with Crippen molar-refractivity contribution < 1.29 is 18.7 Å². The number of halogens is 1. The standard InChI is InChI=1S/C22H20FN3O3/c1-14(21(27)25-19-10-6-5-9-18(19)23)22(28)26-24-13-17-16-8-4-3-7-15(16)11-12-20(17)29-2/h3-14H,1-2H3,(H,25,27)(H,26,28). The number of fused-ring (bicyclic) bond motifs is 1. The Morgan fingerprint density at radius 1 is 1.03 bits per heavy atom. The molecule has 0 aromatic heterocycles. The lowest BCUT2D eigenvalue weighted by molar-refractivity contribution is -0.131. The highest BCUT2D eigenvalue weighted by Crippen LogP contribution is 2.26. The molecule has 3 aromatic rings. The van der Waals surface area contributed by atoms with Crippen LogP contribution in [0.4, 0.5) is 10.1 Å². The molecule has 3 rings (SSSR count). The van der Waals surface area contributed by atoms with Crippen molar-refractivity contribution in [1.82, 2.24) is 5.43 Å². The van der Waals surface area contributed by atoms with Gasteiger partial charge in [0.05, 0.1) is 19.0 Å². The summed E-state index contributed by atoms with van der Waals surface area (Å²) in [6.45, 7) is 1.42. The molecule has 0 aliphatic rings. The number of methoxy groups -OCH3 is 1. The third-order valence-corrected chi connectivity index (χ3v) is 4.44. The molecule has 0 bridgehead atoms. The first kappa shape index (κ1) is 20.0. The summed E-state index contributed by atoms with van der Waals surface area (Å²) in [5.74, 6) is -2.29. The number of hydrazone groups is 1. The van der Waals surface area contributed by atoms with Crippen LogP contribution in [0.1, 0.15) is 12.5 Å². The first-order chi connectivity index (χ1) is 14.0. The number of rotatable bonds is 6. The van der Waals surface area contributed by atoms with Gasteiger partial charge in [0.15, 0.2) is 0 Å². The Morgan fingerprint density at radius 3 is 2.52 bits per heavy atom. The highest BCUT2D eigenvalue weighted by molar-refractivity contribution is 6.07. The van der Waals surface area contributed by atoms with Crippen LogP contribution in [0.3, 0.4) is 0 Å². The largest absolute Gasteiger partial charge is 0.496 e. The normalized spacial score (nSPS) is 12.0. The minimum absolute atomic E-state index is 0.0149. The first-order valence-electron chi connectivity index (χ1n) is 8.95. The van der Waals surface area contributed by atoms with Gasteiger partial charge in [-0.15, -0.1) is 0 Å². The quantitative estimate of drug-likeness (QED) is 0.381. The molecule has 7 heteroatoms. The Bertz CT molecular complexity index is 1080. The average Bonchev–Trinajstić information content (AvgIpc) is 2.74. The van der Waals surface area contributed by atoms with Gasteiger partial charge in [-0.25, -0.2) is 9.82 Å². The fraction of sp³-hybridized carbons (Fsp3) is 0.136. The van der Waals surface area contributed by atoms with Crippen molar-refractivity contribution in [2.45, 2.75) is 6.92 Å². The summed E-state index contributed by atoms with van der Waals surface area (Å²) >= 11 is 0. The molecular formula is C22H20FN3O3. The van der Waals surface area contributed by atoms with Crippen LogP contribution < -0.4 is 15.5 Å². The van der Waals surface area contributed by atoms with Gasteiger partial charge in [-0.1, -0.05) is 42.5 Å². The zero-order chi connectivity index (χ0) is 20.8. The van der Waals surface area contributed by atoms with Crippen LogP contribution in [-0.4, -0.2) is 25.1 Å². The molecule has 29 heavy (non-hydrogen) atoms. The second-order valence-corrected chi connectivity index (χ2v) is 6.33. The Balaban J connectivity index is 1.70. The van der Waals surface area contributed by atoms with E-state index in [0.29, 0.717) is 11.3 Å². The van der Waals surface area contributed by atoms with Crippen LogP contribution in [-0.2, 0) is 9.59 Å². The predicted molar refractivity (Wildman–Crippen MR) is 110 cm³/mol. The van der Waals surface area contributed by atoms with E-state index in [-0.39, 0.29) is 5.69 Å². The molecule has 6 nitrogen and oxygen atoms in total. The van der Waals surface area contributed by atoms with E-state index in [1.54, 1.807) is 13.2 Å². The summed E-state index contributed by atoms with van der Waals surface area (Å²) in [6, 6.07) is 17.2. The second kappa shape index (κ2) is 8.97. The Morgan fingerprint density at radius 2 is 1.76 bits per heavy atom. The molecule has 0 saturated heterocycles. The van der Waals surface area contributed by atoms with E-state index in [9.17, 15) is 14.0 Å². The third kappa shape index (κ3) is 4.57.